The number of rotatable bonds is 5. The summed E-state index contributed by atoms with van der Waals surface area (Å²) in [5.74, 6) is 1.82. The Morgan fingerprint density at radius 3 is 1.78 bits per heavy atom. The van der Waals surface area contributed by atoms with Gasteiger partial charge in [-0.05, 0) is 17.7 Å². The van der Waals surface area contributed by atoms with Crippen molar-refractivity contribution in [2.24, 2.45) is 0 Å². The van der Waals surface area contributed by atoms with Gasteiger partial charge in [-0.1, -0.05) is 0 Å². The quantitative estimate of drug-likeness (QED) is 0.798. The Morgan fingerprint density at radius 2 is 1.50 bits per heavy atom. The van der Waals surface area contributed by atoms with Crippen molar-refractivity contribution in [2.45, 2.75) is 5.60 Å². The van der Waals surface area contributed by atoms with Gasteiger partial charge in [0.05, 0.1) is 34.5 Å². The Kier molecular flexibility index (Phi) is 3.63. The average Bonchev–Trinajstić information content (AvgIpc) is 2.36. The van der Waals surface area contributed by atoms with Crippen molar-refractivity contribution in [2.75, 3.05) is 41.7 Å². The summed E-state index contributed by atoms with van der Waals surface area (Å²) >= 11 is 0. The lowest BCUT2D eigenvalue weighted by Gasteiger charge is -2.40. The maximum Gasteiger partial charge on any atom is 0.203 e. The Bertz CT molecular complexity index is 395. The molecule has 1 saturated heterocycles. The van der Waals surface area contributed by atoms with Crippen molar-refractivity contribution in [1.29, 1.82) is 0 Å². The van der Waals surface area contributed by atoms with E-state index in [0.29, 0.717) is 30.5 Å². The smallest absolute Gasteiger partial charge is 0.203 e. The van der Waals surface area contributed by atoms with Crippen molar-refractivity contribution in [3.63, 3.8) is 0 Å². The van der Waals surface area contributed by atoms with Gasteiger partial charge in [-0.3, -0.25) is 0 Å². The molecule has 0 atom stereocenters. The number of methoxy groups -OCH3 is 4. The van der Waals surface area contributed by atoms with Crippen LogP contribution >= 0.6 is 0 Å². The molecule has 1 aromatic carbocycles. The zero-order chi connectivity index (χ0) is 13.2. The van der Waals surface area contributed by atoms with E-state index in [2.05, 4.69) is 0 Å². The van der Waals surface area contributed by atoms with Gasteiger partial charge in [-0.2, -0.15) is 0 Å². The van der Waals surface area contributed by atoms with Crippen LogP contribution in [0.15, 0.2) is 12.1 Å². The van der Waals surface area contributed by atoms with E-state index in [1.807, 2.05) is 12.1 Å². The SMILES string of the molecule is COc1cc(C2(OC)COC2)cc(OC)c1OC. The minimum absolute atomic E-state index is 0.410. The minimum atomic E-state index is -0.410. The van der Waals surface area contributed by atoms with Crippen LogP contribution in [-0.2, 0) is 15.1 Å². The van der Waals surface area contributed by atoms with E-state index in [-0.39, 0.29) is 0 Å². The van der Waals surface area contributed by atoms with Crippen molar-refractivity contribution < 1.29 is 23.7 Å². The lowest BCUT2D eigenvalue weighted by molar-refractivity contribution is -0.202. The molecule has 100 valence electrons. The molecule has 1 aromatic rings. The summed E-state index contributed by atoms with van der Waals surface area (Å²) in [7, 11) is 6.44. The Labute approximate surface area is 107 Å². The van der Waals surface area contributed by atoms with Crippen LogP contribution < -0.4 is 14.2 Å². The molecule has 0 radical (unpaired) electrons. The molecule has 2 rings (SSSR count). The highest BCUT2D eigenvalue weighted by molar-refractivity contribution is 5.55. The molecular weight excluding hydrogens is 236 g/mol. The summed E-state index contributed by atoms with van der Waals surface area (Å²) in [5, 5.41) is 0. The second kappa shape index (κ2) is 5.04. The summed E-state index contributed by atoms with van der Waals surface area (Å²) in [5.41, 5.74) is 0.554. The highest BCUT2D eigenvalue weighted by atomic mass is 16.6. The van der Waals surface area contributed by atoms with Crippen LogP contribution in [0.2, 0.25) is 0 Å². The standard InChI is InChI=1S/C13H18O5/c1-14-10-5-9(13(17-4)7-18-8-13)6-11(15-2)12(10)16-3/h5-6H,7-8H2,1-4H3. The molecule has 0 unspecified atom stereocenters. The van der Waals surface area contributed by atoms with Gasteiger partial charge in [0.15, 0.2) is 11.5 Å². The van der Waals surface area contributed by atoms with Crippen LogP contribution in [0.3, 0.4) is 0 Å². The van der Waals surface area contributed by atoms with E-state index >= 15 is 0 Å². The fourth-order valence-corrected chi connectivity index (χ4v) is 2.03. The zero-order valence-corrected chi connectivity index (χ0v) is 11.1. The van der Waals surface area contributed by atoms with Crippen molar-refractivity contribution in [3.8, 4) is 17.2 Å². The van der Waals surface area contributed by atoms with E-state index in [0.717, 1.165) is 5.56 Å². The van der Waals surface area contributed by atoms with E-state index in [4.69, 9.17) is 23.7 Å². The van der Waals surface area contributed by atoms with E-state index in [1.165, 1.54) is 0 Å². The molecule has 1 aliphatic heterocycles. The van der Waals surface area contributed by atoms with Gasteiger partial charge in [-0.15, -0.1) is 0 Å². The van der Waals surface area contributed by atoms with Gasteiger partial charge in [0.2, 0.25) is 5.75 Å². The molecule has 18 heavy (non-hydrogen) atoms. The molecule has 1 heterocycles. The van der Waals surface area contributed by atoms with Crippen molar-refractivity contribution >= 4 is 0 Å². The summed E-state index contributed by atoms with van der Waals surface area (Å²) < 4.78 is 26.7. The van der Waals surface area contributed by atoms with E-state index < -0.39 is 5.60 Å². The fraction of sp³-hybridized carbons (Fsp3) is 0.538. The van der Waals surface area contributed by atoms with Crippen LogP contribution in [0, 0.1) is 0 Å². The second-order valence-electron chi connectivity index (χ2n) is 4.11. The molecule has 0 saturated carbocycles. The number of ether oxygens (including phenoxy) is 5. The number of hydrogen-bond acceptors (Lipinski definition) is 5. The Balaban J connectivity index is 2.49. The second-order valence-corrected chi connectivity index (χ2v) is 4.11. The summed E-state index contributed by atoms with van der Waals surface area (Å²) in [6.45, 7) is 1.06. The first-order valence-corrected chi connectivity index (χ1v) is 5.64. The largest absolute Gasteiger partial charge is 0.493 e. The highest BCUT2D eigenvalue weighted by Gasteiger charge is 2.41. The predicted molar refractivity (Wildman–Crippen MR) is 65.6 cm³/mol. The van der Waals surface area contributed by atoms with Crippen LogP contribution in [0.25, 0.3) is 0 Å². The molecule has 0 amide bonds. The summed E-state index contributed by atoms with van der Waals surface area (Å²) in [6, 6.07) is 3.79. The predicted octanol–water partition coefficient (Wildman–Crippen LogP) is 1.58. The lowest BCUT2D eigenvalue weighted by Crippen LogP contribution is -2.48. The molecule has 5 nitrogen and oxygen atoms in total. The third kappa shape index (κ3) is 1.89. The van der Waals surface area contributed by atoms with Gasteiger partial charge in [0.1, 0.15) is 5.60 Å². The molecule has 0 aliphatic carbocycles. The van der Waals surface area contributed by atoms with Crippen molar-refractivity contribution in [1.82, 2.24) is 0 Å². The highest BCUT2D eigenvalue weighted by Crippen LogP contribution is 2.43. The molecule has 0 bridgehead atoms. The molecule has 1 fully saturated rings. The van der Waals surface area contributed by atoms with E-state index in [9.17, 15) is 0 Å². The summed E-state index contributed by atoms with van der Waals surface area (Å²) in [6.07, 6.45) is 0. The van der Waals surface area contributed by atoms with Gasteiger partial charge >= 0.3 is 0 Å². The molecule has 0 N–H and O–H groups in total. The molecular formula is C13H18O5. The monoisotopic (exact) mass is 254 g/mol. The van der Waals surface area contributed by atoms with Gasteiger partial charge < -0.3 is 23.7 Å². The molecule has 5 heteroatoms. The molecule has 0 spiro atoms. The van der Waals surface area contributed by atoms with Gasteiger partial charge in [-0.25, -0.2) is 0 Å². The molecule has 0 aromatic heterocycles. The van der Waals surface area contributed by atoms with E-state index in [1.54, 1.807) is 28.4 Å². The zero-order valence-electron chi connectivity index (χ0n) is 11.1. The first kappa shape index (κ1) is 13.0. The average molecular weight is 254 g/mol. The third-order valence-corrected chi connectivity index (χ3v) is 3.25. The van der Waals surface area contributed by atoms with Gasteiger partial charge in [0.25, 0.3) is 0 Å². The topological polar surface area (TPSA) is 46.2 Å². The Morgan fingerprint density at radius 1 is 0.944 bits per heavy atom. The maximum atomic E-state index is 5.56. The Hall–Kier alpha value is -1.46. The molecule has 1 aliphatic rings. The van der Waals surface area contributed by atoms with Gasteiger partial charge in [0, 0.05) is 7.11 Å². The minimum Gasteiger partial charge on any atom is -0.493 e. The normalized spacial score (nSPS) is 16.9. The first-order valence-electron chi connectivity index (χ1n) is 5.64. The van der Waals surface area contributed by atoms with Crippen LogP contribution in [0.4, 0.5) is 0 Å². The number of benzene rings is 1. The van der Waals surface area contributed by atoms with Crippen molar-refractivity contribution in [3.05, 3.63) is 17.7 Å². The fourth-order valence-electron chi connectivity index (χ4n) is 2.03. The third-order valence-electron chi connectivity index (χ3n) is 3.25. The maximum absolute atomic E-state index is 5.56. The summed E-state index contributed by atoms with van der Waals surface area (Å²) in [4.78, 5) is 0. The van der Waals surface area contributed by atoms with Crippen LogP contribution in [-0.4, -0.2) is 41.7 Å². The number of hydrogen-bond donors (Lipinski definition) is 0. The lowest BCUT2D eigenvalue weighted by atomic mass is 9.91. The van der Waals surface area contributed by atoms with Crippen LogP contribution in [0.5, 0.6) is 17.2 Å². The van der Waals surface area contributed by atoms with Crippen LogP contribution in [0.1, 0.15) is 5.56 Å². The first-order chi connectivity index (χ1) is 8.70.